The maximum atomic E-state index is 14.3. The molecule has 0 aromatic carbocycles. The topological polar surface area (TPSA) is 154 Å². The number of rotatable bonds is 19. The number of cyclic esters (lactones) is 3. The Labute approximate surface area is 345 Å². The van der Waals surface area contributed by atoms with Crippen LogP contribution in [0.1, 0.15) is 232 Å². The van der Waals surface area contributed by atoms with Gasteiger partial charge in [0.1, 0.15) is 19.8 Å². The van der Waals surface area contributed by atoms with Crippen LogP contribution in [0.3, 0.4) is 0 Å². The Morgan fingerprint density at radius 3 is 1.35 bits per heavy atom. The molecule has 0 radical (unpaired) electrons. The highest BCUT2D eigenvalue weighted by Gasteiger charge is 2.53. The quantitative estimate of drug-likeness (QED) is 0.0732. The smallest absolute Gasteiger partial charge is 0.312 e. The van der Waals surface area contributed by atoms with Crippen LogP contribution in [0.4, 0.5) is 0 Å². The molecule has 10 nitrogen and oxygen atoms in total. The minimum absolute atomic E-state index is 0.0455. The predicted molar refractivity (Wildman–Crippen MR) is 224 cm³/mol. The molecule has 2 bridgehead atoms. The monoisotopic (exact) mass is 807 g/mol. The van der Waals surface area contributed by atoms with E-state index < -0.39 is 22.8 Å². The molecule has 0 aromatic heterocycles. The first-order valence-electron chi connectivity index (χ1n) is 23.5. The van der Waals surface area contributed by atoms with Crippen LogP contribution in [0.5, 0.6) is 0 Å². The summed E-state index contributed by atoms with van der Waals surface area (Å²) in [6.07, 6.45) is 35.1. The Bertz CT molecular complexity index is 1100. The van der Waals surface area contributed by atoms with Crippen molar-refractivity contribution in [2.75, 3.05) is 19.8 Å². The van der Waals surface area contributed by atoms with Crippen molar-refractivity contribution in [3.8, 4) is 0 Å². The number of carbonyl (C=O) groups is 5. The minimum atomic E-state index is -0.870. The van der Waals surface area contributed by atoms with Crippen LogP contribution >= 0.6 is 0 Å². The first kappa shape index (κ1) is 50.5. The maximum Gasteiger partial charge on any atom is 0.312 e. The standard InChI is InChI=1S/C41H72O6.C6H10O4/c1-2-3-4-5-6-7-8-9-10-11-13-17-22-27-36-32-40-33-45-37(42)28-23-18-14-12-15-20-25-30-41(36,39(44)47-35-40)31-26-21-16-19-24-29-38(43)46-34-40;7-5(8)3-1-2-4-6(9)10/h36H,2-35H2,1H3;1-4H2,(H,7,8)(H,9,10). The molecule has 57 heavy (non-hydrogen) atoms. The Balaban J connectivity index is 0.000000984. The largest absolute Gasteiger partial charge is 0.481 e. The van der Waals surface area contributed by atoms with Crippen molar-refractivity contribution in [1.82, 2.24) is 0 Å². The molecule has 3 atom stereocenters. The van der Waals surface area contributed by atoms with Crippen LogP contribution in [0.2, 0.25) is 0 Å². The van der Waals surface area contributed by atoms with Gasteiger partial charge in [0.05, 0.1) is 10.8 Å². The zero-order chi connectivity index (χ0) is 41.5. The second-order valence-electron chi connectivity index (χ2n) is 17.7. The normalized spacial score (nSPS) is 24.5. The highest BCUT2D eigenvalue weighted by molar-refractivity contribution is 5.78. The molecule has 3 fully saturated rings. The summed E-state index contributed by atoms with van der Waals surface area (Å²) < 4.78 is 18.1. The van der Waals surface area contributed by atoms with E-state index in [4.69, 9.17) is 24.4 Å². The average molecular weight is 807 g/mol. The van der Waals surface area contributed by atoms with Gasteiger partial charge in [0.25, 0.3) is 0 Å². The number of carboxylic acid groups (broad SMARTS) is 2. The Morgan fingerprint density at radius 1 is 0.526 bits per heavy atom. The molecule has 3 unspecified atom stereocenters. The molecule has 3 heterocycles. The predicted octanol–water partition coefficient (Wildman–Crippen LogP) is 12.1. The lowest BCUT2D eigenvalue weighted by Crippen LogP contribution is -2.41. The highest BCUT2D eigenvalue weighted by Crippen LogP contribution is 2.51. The molecule has 10 heteroatoms. The van der Waals surface area contributed by atoms with E-state index in [0.717, 1.165) is 89.9 Å². The molecule has 0 saturated carbocycles. The summed E-state index contributed by atoms with van der Waals surface area (Å²) in [6.45, 7) is 2.74. The summed E-state index contributed by atoms with van der Waals surface area (Å²) >= 11 is 0. The van der Waals surface area contributed by atoms with Gasteiger partial charge in [-0.2, -0.15) is 0 Å². The van der Waals surface area contributed by atoms with Gasteiger partial charge in [-0.3, -0.25) is 24.0 Å². The van der Waals surface area contributed by atoms with E-state index in [9.17, 15) is 24.0 Å². The summed E-state index contributed by atoms with van der Waals surface area (Å²) in [5.74, 6) is -2.03. The van der Waals surface area contributed by atoms with Crippen LogP contribution in [-0.2, 0) is 38.2 Å². The number of hydrogen-bond donors (Lipinski definition) is 2. The zero-order valence-corrected chi connectivity index (χ0v) is 36.1. The first-order chi connectivity index (χ1) is 27.6. The van der Waals surface area contributed by atoms with Crippen LogP contribution in [0, 0.1) is 16.7 Å². The zero-order valence-electron chi connectivity index (χ0n) is 36.1. The van der Waals surface area contributed by atoms with E-state index in [-0.39, 0.29) is 56.5 Å². The number of unbranched alkanes of at least 4 members (excludes halogenated alkanes) is 13. The van der Waals surface area contributed by atoms with Crippen molar-refractivity contribution in [2.45, 2.75) is 232 Å². The fourth-order valence-electron chi connectivity index (χ4n) is 9.07. The molecule has 0 amide bonds. The fraction of sp³-hybridized carbons (Fsp3) is 0.894. The molecule has 3 rings (SSSR count). The lowest BCUT2D eigenvalue weighted by Gasteiger charge is -2.40. The number of carbonyl (C=O) groups excluding carboxylic acids is 3. The van der Waals surface area contributed by atoms with Crippen LogP contribution in [0.25, 0.3) is 0 Å². The molecular formula is C47H82O10. The van der Waals surface area contributed by atoms with Crippen molar-refractivity contribution >= 4 is 29.8 Å². The second kappa shape index (κ2) is 31.3. The summed E-state index contributed by atoms with van der Waals surface area (Å²) in [4.78, 5) is 59.7. The molecular weight excluding hydrogens is 725 g/mol. The summed E-state index contributed by atoms with van der Waals surface area (Å²) in [5, 5.41) is 16.3. The third-order valence-corrected chi connectivity index (χ3v) is 12.7. The van der Waals surface area contributed by atoms with E-state index in [1.165, 1.54) is 89.9 Å². The van der Waals surface area contributed by atoms with Gasteiger partial charge >= 0.3 is 29.8 Å². The highest BCUT2D eigenvalue weighted by atomic mass is 16.6. The van der Waals surface area contributed by atoms with Crippen molar-refractivity contribution in [3.05, 3.63) is 0 Å². The molecule has 0 aliphatic carbocycles. The van der Waals surface area contributed by atoms with Crippen molar-refractivity contribution in [3.63, 3.8) is 0 Å². The van der Waals surface area contributed by atoms with Crippen LogP contribution in [0.15, 0.2) is 0 Å². The molecule has 0 aromatic rings. The molecule has 2 N–H and O–H groups in total. The van der Waals surface area contributed by atoms with Crippen molar-refractivity contribution in [1.29, 1.82) is 0 Å². The van der Waals surface area contributed by atoms with Gasteiger partial charge in [-0.1, -0.05) is 155 Å². The van der Waals surface area contributed by atoms with E-state index >= 15 is 0 Å². The molecule has 3 aliphatic rings. The van der Waals surface area contributed by atoms with Crippen molar-refractivity contribution < 1.29 is 48.4 Å². The molecule has 0 spiro atoms. The molecule has 330 valence electrons. The fourth-order valence-corrected chi connectivity index (χ4v) is 9.07. The SMILES string of the molecule is CCCCCCCCCCCCCCCC1CC23COC(=O)CCCCCCCCCC1(CCCCCCCC(=O)OC2)C(=O)OC3.O=C(O)CCCCC(=O)O. The van der Waals surface area contributed by atoms with Gasteiger partial charge in [0, 0.05) is 25.7 Å². The van der Waals surface area contributed by atoms with Gasteiger partial charge in [-0.15, -0.1) is 0 Å². The number of aliphatic carboxylic acids is 2. The van der Waals surface area contributed by atoms with E-state index in [1.807, 2.05) is 0 Å². The summed E-state index contributed by atoms with van der Waals surface area (Å²) in [5.41, 5.74) is -1.20. The van der Waals surface area contributed by atoms with Gasteiger partial charge in [0.2, 0.25) is 0 Å². The molecule has 3 saturated heterocycles. The number of hydrogen-bond acceptors (Lipinski definition) is 8. The Hall–Kier alpha value is -2.65. The first-order valence-corrected chi connectivity index (χ1v) is 23.5. The van der Waals surface area contributed by atoms with E-state index in [2.05, 4.69) is 6.92 Å². The number of esters is 3. The van der Waals surface area contributed by atoms with Gasteiger partial charge < -0.3 is 24.4 Å². The lowest BCUT2D eigenvalue weighted by molar-refractivity contribution is -0.164. The van der Waals surface area contributed by atoms with E-state index in [0.29, 0.717) is 32.1 Å². The third kappa shape index (κ3) is 22.9. The van der Waals surface area contributed by atoms with Crippen molar-refractivity contribution in [2.24, 2.45) is 16.7 Å². The van der Waals surface area contributed by atoms with Crippen LogP contribution < -0.4 is 0 Å². The summed E-state index contributed by atoms with van der Waals surface area (Å²) in [6, 6.07) is 0. The third-order valence-electron chi connectivity index (χ3n) is 12.7. The maximum absolute atomic E-state index is 14.3. The van der Waals surface area contributed by atoms with Crippen LogP contribution in [-0.4, -0.2) is 59.9 Å². The Morgan fingerprint density at radius 2 is 0.912 bits per heavy atom. The Kier molecular flexibility index (Phi) is 27.7. The lowest BCUT2D eigenvalue weighted by atomic mass is 9.62. The second-order valence-corrected chi connectivity index (χ2v) is 17.7. The average Bonchev–Trinajstić information content (AvgIpc) is 3.29. The van der Waals surface area contributed by atoms with E-state index in [1.54, 1.807) is 0 Å². The molecule has 3 aliphatic heterocycles. The van der Waals surface area contributed by atoms with Gasteiger partial charge in [-0.05, 0) is 57.3 Å². The minimum Gasteiger partial charge on any atom is -0.481 e. The van der Waals surface area contributed by atoms with Gasteiger partial charge in [0.15, 0.2) is 0 Å². The number of ether oxygens (including phenoxy) is 3. The van der Waals surface area contributed by atoms with Gasteiger partial charge in [-0.25, -0.2) is 0 Å². The summed E-state index contributed by atoms with van der Waals surface area (Å²) in [7, 11) is 0. The number of carboxylic acids is 2.